The Balaban J connectivity index is 0.000000209. The van der Waals surface area contributed by atoms with Crippen LogP contribution in [0.3, 0.4) is 0 Å². The second kappa shape index (κ2) is 49.1. The van der Waals surface area contributed by atoms with Crippen molar-refractivity contribution in [3.63, 3.8) is 0 Å². The number of esters is 11. The molecule has 18 N–H and O–H groups in total. The van der Waals surface area contributed by atoms with Crippen LogP contribution in [0.2, 0.25) is 0 Å². The van der Waals surface area contributed by atoms with Gasteiger partial charge in [-0.15, -0.1) is 0 Å². The molecular formula is C102H171N9O24. The normalized spacial score (nSPS) is 37.8. The van der Waals surface area contributed by atoms with Gasteiger partial charge >= 0.3 is 65.7 Å². The first-order valence-corrected chi connectivity index (χ1v) is 51.5. The number of fused-ring (bicyclic) bond motifs is 15. The van der Waals surface area contributed by atoms with Gasteiger partial charge in [0.05, 0.1) is 85.4 Å². The molecule has 768 valence electrons. The van der Waals surface area contributed by atoms with Gasteiger partial charge in [0.2, 0.25) is 5.91 Å². The fraction of sp³-hybridized carbons (Fsp3) is 0.882. The molecule has 12 rings (SSSR count). The summed E-state index contributed by atoms with van der Waals surface area (Å²) in [6.45, 7) is 22.7. The Morgan fingerprint density at radius 3 is 0.778 bits per heavy atom. The van der Waals surface area contributed by atoms with Gasteiger partial charge in [-0.1, -0.05) is 62.3 Å². The van der Waals surface area contributed by atoms with Gasteiger partial charge in [-0.3, -0.25) is 57.5 Å². The van der Waals surface area contributed by atoms with Crippen molar-refractivity contribution < 1.29 is 114 Å². The molecule has 0 bridgehead atoms. The summed E-state index contributed by atoms with van der Waals surface area (Å²) in [6, 6.07) is 0. The Labute approximate surface area is 801 Å². The molecule has 0 spiro atoms. The number of carbonyl (C=O) groups is 12. The SMILES string of the molecule is COC(=O)CC[C@@H](C)[C@H]1CC[C@H]2[C@@H]3[C@H](OC(=O)CCN)C[C@@H]4C[C@H](OC(=O)CCN)CC[C@]4(C)[C@H]3C[C@H](OC(=O)CCN)[C@]12C.COC(=O)CC[C@@H](C)[C@H]1CC[C@H]2[C@@H]3[C@H](OC(=O)CCN)C[C@@H]4C[C@H](OC(=O)CCN)CC[C@]4(C)[C@H]3C[C@H](OC(=O)CCN)[C@]12C.COC(=O)CC[C@@H](C)[C@H]1CC[C@H]2[C@@H]3[C@H](OC(=O)CCN)C[C@@H]4C[C@H](OC(=O)CCN)CC[C@]4(C)[C@H]3C[C@H](OCCC(N)=O)[C@]12C. The van der Waals surface area contributed by atoms with Crippen molar-refractivity contribution in [3.8, 4) is 0 Å². The molecule has 0 aromatic rings. The van der Waals surface area contributed by atoms with Gasteiger partial charge in [-0.05, 0) is 259 Å². The van der Waals surface area contributed by atoms with E-state index in [1.54, 1.807) is 0 Å². The minimum absolute atomic E-state index is 0.0561. The molecule has 0 heterocycles. The number of hydrogen-bond donors (Lipinski definition) is 9. The lowest BCUT2D eigenvalue weighted by Crippen LogP contribution is -2.63. The average Bonchev–Trinajstić information content (AvgIpc) is 1.66. The number of rotatable bonds is 40. The van der Waals surface area contributed by atoms with Crippen LogP contribution in [-0.2, 0) is 114 Å². The molecule has 0 aromatic heterocycles. The van der Waals surface area contributed by atoms with Crippen LogP contribution in [0.1, 0.15) is 293 Å². The lowest BCUT2D eigenvalue weighted by Gasteiger charge is -2.64. The maximum absolute atomic E-state index is 13.1. The zero-order chi connectivity index (χ0) is 98.8. The molecule has 0 aliphatic heterocycles. The number of hydrogen-bond acceptors (Lipinski definition) is 32. The van der Waals surface area contributed by atoms with Crippen molar-refractivity contribution in [3.05, 3.63) is 0 Å². The predicted octanol–water partition coefficient (Wildman–Crippen LogP) is 9.71. The second-order valence-corrected chi connectivity index (χ2v) is 43.9. The molecule has 33 nitrogen and oxygen atoms in total. The van der Waals surface area contributed by atoms with Gasteiger partial charge in [-0.2, -0.15) is 0 Å². The summed E-state index contributed by atoms with van der Waals surface area (Å²) in [5, 5.41) is 0. The van der Waals surface area contributed by atoms with E-state index < -0.39 is 0 Å². The van der Waals surface area contributed by atoms with Crippen molar-refractivity contribution in [2.75, 3.05) is 80.3 Å². The maximum atomic E-state index is 13.1. The van der Waals surface area contributed by atoms with Crippen molar-refractivity contribution >= 4 is 71.6 Å². The van der Waals surface area contributed by atoms with Crippen LogP contribution in [0.4, 0.5) is 0 Å². The summed E-state index contributed by atoms with van der Waals surface area (Å²) >= 11 is 0. The van der Waals surface area contributed by atoms with Crippen molar-refractivity contribution in [1.82, 2.24) is 0 Å². The molecule has 0 aromatic carbocycles. The summed E-state index contributed by atoms with van der Waals surface area (Å²) in [4.78, 5) is 150. The molecule has 33 atom stereocenters. The maximum Gasteiger partial charge on any atom is 0.307 e. The first-order chi connectivity index (χ1) is 64.2. The van der Waals surface area contributed by atoms with E-state index in [1.807, 2.05) is 0 Å². The minimum Gasteiger partial charge on any atom is -0.469 e. The van der Waals surface area contributed by atoms with Crippen LogP contribution in [0.25, 0.3) is 0 Å². The third-order valence-electron chi connectivity index (χ3n) is 37.2. The number of ether oxygens (including phenoxy) is 12. The fourth-order valence-corrected chi connectivity index (χ4v) is 30.5. The minimum atomic E-state index is -0.390. The first kappa shape index (κ1) is 110. The topological polar surface area (TPSA) is 550 Å². The van der Waals surface area contributed by atoms with Gasteiger partial charge in [0.25, 0.3) is 0 Å². The van der Waals surface area contributed by atoms with Crippen LogP contribution in [0, 0.1) is 139 Å². The molecule has 0 saturated heterocycles. The van der Waals surface area contributed by atoms with E-state index >= 15 is 0 Å². The molecule has 135 heavy (non-hydrogen) atoms. The number of primary amides is 1. The Morgan fingerprint density at radius 1 is 0.281 bits per heavy atom. The van der Waals surface area contributed by atoms with Gasteiger partial charge in [0, 0.05) is 112 Å². The van der Waals surface area contributed by atoms with Gasteiger partial charge in [-0.25, -0.2) is 0 Å². The highest BCUT2D eigenvalue weighted by atomic mass is 16.6. The molecule has 0 radical (unpaired) electrons. The fourth-order valence-electron chi connectivity index (χ4n) is 30.5. The van der Waals surface area contributed by atoms with E-state index in [2.05, 4.69) is 62.3 Å². The lowest BCUT2D eigenvalue weighted by atomic mass is 9.43. The highest BCUT2D eigenvalue weighted by molar-refractivity contribution is 5.75. The molecule has 12 aliphatic rings. The van der Waals surface area contributed by atoms with Crippen LogP contribution in [-0.4, -0.2) is 207 Å². The van der Waals surface area contributed by atoms with Crippen LogP contribution in [0.15, 0.2) is 0 Å². The van der Waals surface area contributed by atoms with E-state index in [4.69, 9.17) is 108 Å². The van der Waals surface area contributed by atoms with E-state index in [-0.39, 0.29) is 382 Å². The van der Waals surface area contributed by atoms with E-state index in [0.29, 0.717) is 70.6 Å². The number of carbonyl (C=O) groups excluding carboxylic acids is 12. The van der Waals surface area contributed by atoms with Crippen molar-refractivity contribution in [2.45, 2.75) is 348 Å². The van der Waals surface area contributed by atoms with Gasteiger partial charge in [0.1, 0.15) is 48.8 Å². The lowest BCUT2D eigenvalue weighted by molar-refractivity contribution is -0.227. The average molecular weight is 1910 g/mol. The molecule has 12 fully saturated rings. The van der Waals surface area contributed by atoms with E-state index in [1.165, 1.54) is 21.3 Å². The quantitative estimate of drug-likeness (QED) is 0.0203. The highest BCUT2D eigenvalue weighted by Gasteiger charge is 2.72. The largest absolute Gasteiger partial charge is 0.469 e. The Morgan fingerprint density at radius 2 is 0.526 bits per heavy atom. The summed E-state index contributed by atoms with van der Waals surface area (Å²) < 4.78 is 70.7. The zero-order valence-corrected chi connectivity index (χ0v) is 83.4. The molecular weight excluding hydrogens is 1740 g/mol. The Hall–Kier alpha value is -6.72. The Kier molecular flexibility index (Phi) is 40.1. The smallest absolute Gasteiger partial charge is 0.307 e. The van der Waals surface area contributed by atoms with E-state index in [0.717, 1.165) is 103 Å². The Bertz CT molecular complexity index is 3830. The summed E-state index contributed by atoms with van der Waals surface area (Å²) in [5.74, 6) is 0.0254. The molecule has 1 amide bonds. The predicted molar refractivity (Wildman–Crippen MR) is 501 cm³/mol. The van der Waals surface area contributed by atoms with Crippen LogP contribution >= 0.6 is 0 Å². The number of methoxy groups -OCH3 is 3. The monoisotopic (exact) mass is 1910 g/mol. The van der Waals surface area contributed by atoms with Gasteiger partial charge in [0.15, 0.2) is 0 Å². The van der Waals surface area contributed by atoms with Crippen molar-refractivity contribution in [1.29, 1.82) is 0 Å². The van der Waals surface area contributed by atoms with Crippen LogP contribution < -0.4 is 51.6 Å². The number of amides is 1. The number of nitrogens with two attached hydrogens (primary N) is 9. The summed E-state index contributed by atoms with van der Waals surface area (Å²) in [5.41, 5.74) is 49.8. The molecule has 12 saturated carbocycles. The van der Waals surface area contributed by atoms with Crippen molar-refractivity contribution in [2.24, 2.45) is 191 Å². The third-order valence-corrected chi connectivity index (χ3v) is 37.2. The standard InChI is InChI=1S/3C34H57N3O8/c1-20(5-8-29(39)42-4)23-6-7-24-32-25(19-27(34(23,24)3)43-16-12-28(37)38)33(2)13-9-22(44-30(40)10-14-35)17-21(33)18-26(32)45-31(41)11-15-36;2*1-20(5-8-28(38)42-4)23-6-7-24-32-25(19-27(34(23,24)3)45-31(41)12-16-37)33(2)13-9-22(43-29(39)10-14-35)17-21(33)18-26(32)44-30(40)11-15-36/h20-27,32H,5-19,35-36H2,1-4H3,(H2,37,38);2*20-27,32H,5-19,35-37H2,1-4H3/t3*20-,21+,22-,23-,24+,25+,26-,27+,32+,33+,34-/m111/s1. The third kappa shape index (κ3) is 24.9. The van der Waals surface area contributed by atoms with E-state index in [9.17, 15) is 57.5 Å². The first-order valence-electron chi connectivity index (χ1n) is 51.5. The summed E-state index contributed by atoms with van der Waals surface area (Å²) in [7, 11) is 4.24. The zero-order valence-electron chi connectivity index (χ0n) is 83.4. The molecule has 0 unspecified atom stereocenters. The summed E-state index contributed by atoms with van der Waals surface area (Å²) in [6.07, 6.45) is 19.5. The molecule has 12 aliphatic carbocycles. The molecule has 33 heteroatoms. The highest BCUT2D eigenvalue weighted by Crippen LogP contribution is 2.74. The van der Waals surface area contributed by atoms with Gasteiger partial charge < -0.3 is 108 Å². The van der Waals surface area contributed by atoms with Crippen LogP contribution in [0.5, 0.6) is 0 Å². The second-order valence-electron chi connectivity index (χ2n) is 43.9.